The Labute approximate surface area is 105 Å². The minimum atomic E-state index is 0.0847. The van der Waals surface area contributed by atoms with Crippen LogP contribution >= 0.6 is 0 Å². The highest BCUT2D eigenvalue weighted by molar-refractivity contribution is 5.75. The molecule has 0 heterocycles. The van der Waals surface area contributed by atoms with Crippen LogP contribution < -0.4 is 11.1 Å². The molecule has 17 heavy (non-hydrogen) atoms. The molecule has 0 aliphatic heterocycles. The SMILES string of the molecule is CC(CN)CCC(=O)NCCOCCN(C)C. The van der Waals surface area contributed by atoms with Gasteiger partial charge in [0.2, 0.25) is 5.91 Å². The molecule has 0 aromatic heterocycles. The summed E-state index contributed by atoms with van der Waals surface area (Å²) in [6.45, 7) is 5.46. The molecule has 3 N–H and O–H groups in total. The molecule has 0 saturated carbocycles. The van der Waals surface area contributed by atoms with Gasteiger partial charge in [-0.3, -0.25) is 4.79 Å². The Bertz CT molecular complexity index is 198. The molecule has 0 aromatic carbocycles. The second-order valence-electron chi connectivity index (χ2n) is 4.65. The third-order valence-corrected chi connectivity index (χ3v) is 2.52. The van der Waals surface area contributed by atoms with E-state index >= 15 is 0 Å². The number of carbonyl (C=O) groups is 1. The van der Waals surface area contributed by atoms with Gasteiger partial charge in [-0.05, 0) is 33.0 Å². The highest BCUT2D eigenvalue weighted by atomic mass is 16.5. The first-order valence-corrected chi connectivity index (χ1v) is 6.25. The van der Waals surface area contributed by atoms with E-state index in [1.807, 2.05) is 14.1 Å². The molecule has 0 radical (unpaired) electrons. The van der Waals surface area contributed by atoms with Gasteiger partial charge in [0.25, 0.3) is 0 Å². The quantitative estimate of drug-likeness (QED) is 0.534. The molecule has 5 nitrogen and oxygen atoms in total. The van der Waals surface area contributed by atoms with E-state index in [1.165, 1.54) is 0 Å². The number of nitrogens with one attached hydrogen (secondary N) is 1. The van der Waals surface area contributed by atoms with Crippen LogP contribution in [0.4, 0.5) is 0 Å². The summed E-state index contributed by atoms with van der Waals surface area (Å²) in [5.41, 5.74) is 5.48. The highest BCUT2D eigenvalue weighted by Gasteiger charge is 2.04. The molecule has 0 aliphatic rings. The zero-order chi connectivity index (χ0) is 13.1. The van der Waals surface area contributed by atoms with Crippen LogP contribution in [-0.2, 0) is 9.53 Å². The van der Waals surface area contributed by atoms with E-state index in [0.717, 1.165) is 13.0 Å². The van der Waals surface area contributed by atoms with Gasteiger partial charge in [0.05, 0.1) is 13.2 Å². The molecule has 0 bridgehead atoms. The monoisotopic (exact) mass is 245 g/mol. The lowest BCUT2D eigenvalue weighted by Gasteiger charge is -2.11. The van der Waals surface area contributed by atoms with Gasteiger partial charge >= 0.3 is 0 Å². The zero-order valence-corrected chi connectivity index (χ0v) is 11.4. The number of rotatable bonds is 10. The number of likely N-dealkylation sites (N-methyl/N-ethyl adjacent to an activating group) is 1. The van der Waals surface area contributed by atoms with Gasteiger partial charge in [0.1, 0.15) is 0 Å². The van der Waals surface area contributed by atoms with Gasteiger partial charge in [-0.2, -0.15) is 0 Å². The van der Waals surface area contributed by atoms with Crippen molar-refractivity contribution in [2.75, 3.05) is 46.9 Å². The van der Waals surface area contributed by atoms with Crippen molar-refractivity contribution in [2.24, 2.45) is 11.7 Å². The lowest BCUT2D eigenvalue weighted by molar-refractivity contribution is -0.121. The van der Waals surface area contributed by atoms with Crippen LogP contribution in [0.3, 0.4) is 0 Å². The van der Waals surface area contributed by atoms with Crippen molar-refractivity contribution in [3.63, 3.8) is 0 Å². The van der Waals surface area contributed by atoms with Crippen molar-refractivity contribution >= 4 is 5.91 Å². The molecule has 5 heteroatoms. The number of nitrogens with zero attached hydrogens (tertiary/aromatic N) is 1. The highest BCUT2D eigenvalue weighted by Crippen LogP contribution is 2.02. The Morgan fingerprint density at radius 1 is 1.41 bits per heavy atom. The van der Waals surface area contributed by atoms with Crippen LogP contribution in [0.2, 0.25) is 0 Å². The van der Waals surface area contributed by atoms with Gasteiger partial charge in [0, 0.05) is 19.5 Å². The van der Waals surface area contributed by atoms with E-state index < -0.39 is 0 Å². The Morgan fingerprint density at radius 3 is 2.71 bits per heavy atom. The van der Waals surface area contributed by atoms with E-state index in [4.69, 9.17) is 10.5 Å². The molecule has 0 saturated heterocycles. The van der Waals surface area contributed by atoms with E-state index in [0.29, 0.717) is 38.6 Å². The molecule has 0 spiro atoms. The predicted octanol–water partition coefficient (Wildman–Crippen LogP) is 0.0558. The second-order valence-corrected chi connectivity index (χ2v) is 4.65. The molecule has 1 unspecified atom stereocenters. The fraction of sp³-hybridized carbons (Fsp3) is 0.917. The molecule has 0 fully saturated rings. The number of hydrogen-bond donors (Lipinski definition) is 2. The maximum Gasteiger partial charge on any atom is 0.220 e. The Balaban J connectivity index is 3.28. The normalized spacial score (nSPS) is 12.8. The Hall–Kier alpha value is -0.650. The van der Waals surface area contributed by atoms with Gasteiger partial charge in [-0.25, -0.2) is 0 Å². The predicted molar refractivity (Wildman–Crippen MR) is 69.8 cm³/mol. The topological polar surface area (TPSA) is 67.6 Å². The maximum atomic E-state index is 11.4. The summed E-state index contributed by atoms with van der Waals surface area (Å²) in [6.07, 6.45) is 1.40. The lowest BCUT2D eigenvalue weighted by Crippen LogP contribution is -2.28. The van der Waals surface area contributed by atoms with Gasteiger partial charge in [0.15, 0.2) is 0 Å². The largest absolute Gasteiger partial charge is 0.378 e. The molecular formula is C12H27N3O2. The molecule has 102 valence electrons. The average molecular weight is 245 g/mol. The van der Waals surface area contributed by atoms with Crippen LogP contribution in [0.5, 0.6) is 0 Å². The molecule has 1 amide bonds. The van der Waals surface area contributed by atoms with Crippen molar-refractivity contribution in [2.45, 2.75) is 19.8 Å². The Morgan fingerprint density at radius 2 is 2.12 bits per heavy atom. The molecule has 1 atom stereocenters. The Kier molecular flexibility index (Phi) is 10.1. The summed E-state index contributed by atoms with van der Waals surface area (Å²) in [7, 11) is 4.01. The summed E-state index contributed by atoms with van der Waals surface area (Å²) < 4.78 is 5.37. The molecule has 0 aromatic rings. The standard InChI is InChI=1S/C12H27N3O2/c1-11(10-13)4-5-12(16)14-6-8-17-9-7-15(2)3/h11H,4-10,13H2,1-3H3,(H,14,16). The number of ether oxygens (including phenoxy) is 1. The molecule has 0 rings (SSSR count). The average Bonchev–Trinajstić information content (AvgIpc) is 2.30. The van der Waals surface area contributed by atoms with Gasteiger partial charge < -0.3 is 20.7 Å². The van der Waals surface area contributed by atoms with Crippen LogP contribution in [0.1, 0.15) is 19.8 Å². The minimum absolute atomic E-state index is 0.0847. The third kappa shape index (κ3) is 11.6. The minimum Gasteiger partial charge on any atom is -0.378 e. The summed E-state index contributed by atoms with van der Waals surface area (Å²) in [4.78, 5) is 13.5. The fourth-order valence-corrected chi connectivity index (χ4v) is 1.20. The number of carbonyl (C=O) groups excluding carboxylic acids is 1. The fourth-order valence-electron chi connectivity index (χ4n) is 1.20. The summed E-state index contributed by atoms with van der Waals surface area (Å²) in [6, 6.07) is 0. The first kappa shape index (κ1) is 16.4. The van der Waals surface area contributed by atoms with E-state index in [9.17, 15) is 4.79 Å². The van der Waals surface area contributed by atoms with Crippen molar-refractivity contribution in [3.05, 3.63) is 0 Å². The summed E-state index contributed by atoms with van der Waals surface area (Å²) >= 11 is 0. The van der Waals surface area contributed by atoms with Crippen LogP contribution in [0.15, 0.2) is 0 Å². The number of nitrogens with two attached hydrogens (primary N) is 1. The zero-order valence-electron chi connectivity index (χ0n) is 11.4. The van der Waals surface area contributed by atoms with Crippen molar-refractivity contribution < 1.29 is 9.53 Å². The lowest BCUT2D eigenvalue weighted by atomic mass is 10.1. The maximum absolute atomic E-state index is 11.4. The van der Waals surface area contributed by atoms with Crippen molar-refractivity contribution in [3.8, 4) is 0 Å². The van der Waals surface area contributed by atoms with Crippen LogP contribution in [0, 0.1) is 5.92 Å². The first-order chi connectivity index (χ1) is 8.06. The van der Waals surface area contributed by atoms with E-state index in [1.54, 1.807) is 0 Å². The van der Waals surface area contributed by atoms with Crippen molar-refractivity contribution in [1.29, 1.82) is 0 Å². The second kappa shape index (κ2) is 10.5. The summed E-state index contributed by atoms with van der Waals surface area (Å²) in [5, 5.41) is 2.83. The smallest absolute Gasteiger partial charge is 0.220 e. The van der Waals surface area contributed by atoms with Crippen molar-refractivity contribution in [1.82, 2.24) is 10.2 Å². The first-order valence-electron chi connectivity index (χ1n) is 6.25. The number of hydrogen-bond acceptors (Lipinski definition) is 4. The van der Waals surface area contributed by atoms with Crippen LogP contribution in [0.25, 0.3) is 0 Å². The van der Waals surface area contributed by atoms with Gasteiger partial charge in [-0.1, -0.05) is 6.92 Å². The van der Waals surface area contributed by atoms with E-state index in [-0.39, 0.29) is 5.91 Å². The van der Waals surface area contributed by atoms with Crippen LogP contribution in [-0.4, -0.2) is 57.8 Å². The molecule has 0 aliphatic carbocycles. The summed E-state index contributed by atoms with van der Waals surface area (Å²) in [5.74, 6) is 0.499. The molecular weight excluding hydrogens is 218 g/mol. The van der Waals surface area contributed by atoms with E-state index in [2.05, 4.69) is 17.1 Å². The number of amides is 1. The third-order valence-electron chi connectivity index (χ3n) is 2.52. The van der Waals surface area contributed by atoms with Gasteiger partial charge in [-0.15, -0.1) is 0 Å².